The van der Waals surface area contributed by atoms with Gasteiger partial charge in [0, 0.05) is 30.8 Å². The molecule has 0 fully saturated rings. The van der Waals surface area contributed by atoms with E-state index in [1.165, 1.54) is 0 Å². The normalized spacial score (nSPS) is 12.7. The highest BCUT2D eigenvalue weighted by molar-refractivity contribution is 5.83. The Balaban J connectivity index is 2.02. The number of methoxy groups -OCH3 is 1. The molecule has 6 nitrogen and oxygen atoms in total. The van der Waals surface area contributed by atoms with E-state index in [2.05, 4.69) is 29.6 Å². The average molecular weight is 330 g/mol. The molecule has 0 aliphatic rings. The summed E-state index contributed by atoms with van der Waals surface area (Å²) in [4.78, 5) is 12.5. The van der Waals surface area contributed by atoms with Crippen LogP contribution in [-0.2, 0) is 17.3 Å². The number of amides is 1. The van der Waals surface area contributed by atoms with Gasteiger partial charge >= 0.3 is 0 Å². The lowest BCUT2D eigenvalue weighted by molar-refractivity contribution is -0.123. The Morgan fingerprint density at radius 2 is 2.00 bits per heavy atom. The molecule has 130 valence electrons. The van der Waals surface area contributed by atoms with Crippen LogP contribution < -0.4 is 15.4 Å². The van der Waals surface area contributed by atoms with Gasteiger partial charge in [-0.3, -0.25) is 9.48 Å². The monoisotopic (exact) mass is 330 g/mol. The van der Waals surface area contributed by atoms with Crippen molar-refractivity contribution < 1.29 is 9.53 Å². The molecular formula is C18H26N4O2. The zero-order chi connectivity index (χ0) is 17.7. The van der Waals surface area contributed by atoms with Crippen LogP contribution in [0.25, 0.3) is 0 Å². The Kier molecular flexibility index (Phi) is 5.62. The molecule has 2 N–H and O–H groups in total. The summed E-state index contributed by atoms with van der Waals surface area (Å²) in [5.74, 6) is 0.762. The molecule has 1 heterocycles. The maximum Gasteiger partial charge on any atom is 0.241 e. The van der Waals surface area contributed by atoms with Gasteiger partial charge in [-0.05, 0) is 24.7 Å². The number of hydrogen-bond donors (Lipinski definition) is 2. The molecule has 24 heavy (non-hydrogen) atoms. The largest absolute Gasteiger partial charge is 0.497 e. The maximum atomic E-state index is 12.5. The van der Waals surface area contributed by atoms with E-state index >= 15 is 0 Å². The van der Waals surface area contributed by atoms with Crippen molar-refractivity contribution in [3.05, 3.63) is 47.8 Å². The maximum absolute atomic E-state index is 12.5. The van der Waals surface area contributed by atoms with Crippen LogP contribution in [0.15, 0.2) is 36.7 Å². The fraction of sp³-hybridized carbons (Fsp3) is 0.444. The van der Waals surface area contributed by atoms with Gasteiger partial charge in [-0.15, -0.1) is 0 Å². The van der Waals surface area contributed by atoms with Gasteiger partial charge < -0.3 is 15.4 Å². The quantitative estimate of drug-likeness (QED) is 0.812. The molecule has 0 saturated carbocycles. The fourth-order valence-electron chi connectivity index (χ4n) is 2.59. The smallest absolute Gasteiger partial charge is 0.241 e. The topological polar surface area (TPSA) is 68.2 Å². The van der Waals surface area contributed by atoms with Crippen molar-refractivity contribution >= 4 is 5.91 Å². The lowest BCUT2D eigenvalue weighted by Gasteiger charge is -2.27. The van der Waals surface area contributed by atoms with Crippen LogP contribution in [0.1, 0.15) is 31.0 Å². The molecule has 0 aliphatic carbocycles. The second-order valence-electron chi connectivity index (χ2n) is 6.50. The van der Waals surface area contributed by atoms with E-state index < -0.39 is 6.04 Å². The molecule has 1 atom stereocenters. The first kappa shape index (κ1) is 18.0. The van der Waals surface area contributed by atoms with E-state index in [0.29, 0.717) is 6.54 Å². The molecule has 0 spiro atoms. The predicted octanol–water partition coefficient (Wildman–Crippen LogP) is 1.78. The Morgan fingerprint density at radius 1 is 1.33 bits per heavy atom. The van der Waals surface area contributed by atoms with Crippen molar-refractivity contribution in [3.8, 4) is 5.75 Å². The molecule has 6 heteroatoms. The Labute approximate surface area is 143 Å². The minimum absolute atomic E-state index is 0.0629. The number of aromatic nitrogens is 2. The van der Waals surface area contributed by atoms with Crippen LogP contribution in [0.2, 0.25) is 0 Å². The summed E-state index contributed by atoms with van der Waals surface area (Å²) in [6.45, 7) is 4.75. The number of aryl methyl sites for hydroxylation is 1. The summed E-state index contributed by atoms with van der Waals surface area (Å²) in [6.07, 6.45) is 3.55. The van der Waals surface area contributed by atoms with Crippen molar-refractivity contribution in [1.82, 2.24) is 20.4 Å². The van der Waals surface area contributed by atoms with E-state index in [-0.39, 0.29) is 11.3 Å². The van der Waals surface area contributed by atoms with Gasteiger partial charge in [0.1, 0.15) is 11.8 Å². The number of likely N-dealkylation sites (N-methyl/N-ethyl adjacent to an activating group) is 1. The number of rotatable bonds is 7. The number of nitrogens with zero attached hydrogens (tertiary/aromatic N) is 2. The lowest BCUT2D eigenvalue weighted by Crippen LogP contribution is -2.42. The first-order valence-electron chi connectivity index (χ1n) is 7.95. The second-order valence-corrected chi connectivity index (χ2v) is 6.50. The summed E-state index contributed by atoms with van der Waals surface area (Å²) in [5.41, 5.74) is 1.81. The van der Waals surface area contributed by atoms with Crippen LogP contribution >= 0.6 is 0 Å². The first-order chi connectivity index (χ1) is 11.4. The molecule has 2 rings (SSSR count). The van der Waals surface area contributed by atoms with Gasteiger partial charge in [-0.2, -0.15) is 5.10 Å². The third kappa shape index (κ3) is 4.14. The van der Waals surface area contributed by atoms with E-state index in [1.807, 2.05) is 37.5 Å². The van der Waals surface area contributed by atoms with Crippen molar-refractivity contribution in [3.63, 3.8) is 0 Å². The van der Waals surface area contributed by atoms with E-state index in [4.69, 9.17) is 4.74 Å². The van der Waals surface area contributed by atoms with Crippen LogP contribution in [0.3, 0.4) is 0 Å². The predicted molar refractivity (Wildman–Crippen MR) is 94.0 cm³/mol. The van der Waals surface area contributed by atoms with E-state index in [1.54, 1.807) is 25.0 Å². The number of nitrogens with one attached hydrogen (secondary N) is 2. The minimum atomic E-state index is -0.412. The van der Waals surface area contributed by atoms with Gasteiger partial charge in [0.2, 0.25) is 5.91 Å². The third-order valence-electron chi connectivity index (χ3n) is 4.19. The van der Waals surface area contributed by atoms with Crippen molar-refractivity contribution in [2.75, 3.05) is 20.7 Å². The van der Waals surface area contributed by atoms with Gasteiger partial charge in [0.25, 0.3) is 0 Å². The number of benzene rings is 1. The standard InChI is InChI=1S/C18H26N4O2/c1-18(2,14-6-8-15(24-5)9-7-14)12-20-17(23)16(19-3)13-10-21-22(4)11-13/h6-11,16,19H,12H2,1-5H3,(H,20,23). The number of ether oxygens (including phenoxy) is 1. The number of carbonyl (C=O) groups is 1. The molecule has 2 aromatic rings. The van der Waals surface area contributed by atoms with E-state index in [0.717, 1.165) is 16.9 Å². The summed E-state index contributed by atoms with van der Waals surface area (Å²) < 4.78 is 6.88. The molecule has 0 radical (unpaired) electrons. The Morgan fingerprint density at radius 3 is 2.50 bits per heavy atom. The lowest BCUT2D eigenvalue weighted by atomic mass is 9.84. The minimum Gasteiger partial charge on any atom is -0.497 e. The van der Waals surface area contributed by atoms with E-state index in [9.17, 15) is 4.79 Å². The fourth-order valence-corrected chi connectivity index (χ4v) is 2.59. The molecule has 0 aliphatic heterocycles. The van der Waals surface area contributed by atoms with Crippen LogP contribution in [0.4, 0.5) is 0 Å². The molecule has 0 saturated heterocycles. The van der Waals surface area contributed by atoms with Gasteiger partial charge in [-0.25, -0.2) is 0 Å². The van der Waals surface area contributed by atoms with Crippen LogP contribution in [0, 0.1) is 0 Å². The van der Waals surface area contributed by atoms with Crippen LogP contribution in [-0.4, -0.2) is 36.4 Å². The second kappa shape index (κ2) is 7.49. The Bertz CT molecular complexity index is 677. The Hall–Kier alpha value is -2.34. The summed E-state index contributed by atoms with van der Waals surface area (Å²) >= 11 is 0. The zero-order valence-electron chi connectivity index (χ0n) is 15.0. The average Bonchev–Trinajstić information content (AvgIpc) is 3.00. The highest BCUT2D eigenvalue weighted by Crippen LogP contribution is 2.25. The molecular weight excluding hydrogens is 304 g/mol. The molecule has 0 bridgehead atoms. The molecule has 1 amide bonds. The third-order valence-corrected chi connectivity index (χ3v) is 4.19. The highest BCUT2D eigenvalue weighted by Gasteiger charge is 2.25. The number of hydrogen-bond acceptors (Lipinski definition) is 4. The van der Waals surface area contributed by atoms with Crippen molar-refractivity contribution in [2.24, 2.45) is 7.05 Å². The zero-order valence-corrected chi connectivity index (χ0v) is 15.0. The van der Waals surface area contributed by atoms with Crippen molar-refractivity contribution in [2.45, 2.75) is 25.3 Å². The summed E-state index contributed by atoms with van der Waals surface area (Å²) in [6, 6.07) is 7.52. The summed E-state index contributed by atoms with van der Waals surface area (Å²) in [5, 5.41) is 10.2. The van der Waals surface area contributed by atoms with Crippen LogP contribution in [0.5, 0.6) is 5.75 Å². The van der Waals surface area contributed by atoms with Gasteiger partial charge in [-0.1, -0.05) is 26.0 Å². The molecule has 1 unspecified atom stereocenters. The van der Waals surface area contributed by atoms with Gasteiger partial charge in [0.05, 0.1) is 13.3 Å². The molecule has 1 aromatic heterocycles. The molecule has 1 aromatic carbocycles. The first-order valence-corrected chi connectivity index (χ1v) is 7.95. The number of carbonyl (C=O) groups excluding carboxylic acids is 1. The van der Waals surface area contributed by atoms with Gasteiger partial charge in [0.15, 0.2) is 0 Å². The summed E-state index contributed by atoms with van der Waals surface area (Å²) in [7, 11) is 5.25. The SMILES string of the molecule is CNC(C(=O)NCC(C)(C)c1ccc(OC)cc1)c1cnn(C)c1. The van der Waals surface area contributed by atoms with Crippen molar-refractivity contribution in [1.29, 1.82) is 0 Å². The highest BCUT2D eigenvalue weighted by atomic mass is 16.5.